The molecule has 0 saturated heterocycles. The van der Waals surface area contributed by atoms with Gasteiger partial charge in [0.1, 0.15) is 12.4 Å². The predicted octanol–water partition coefficient (Wildman–Crippen LogP) is 4.44. The van der Waals surface area contributed by atoms with Gasteiger partial charge in [-0.15, -0.1) is 0 Å². The first-order valence-corrected chi connectivity index (χ1v) is 9.30. The molecule has 0 bridgehead atoms. The van der Waals surface area contributed by atoms with Crippen molar-refractivity contribution in [3.8, 4) is 5.75 Å². The number of carbonyl (C=O) groups is 2. The van der Waals surface area contributed by atoms with Crippen LogP contribution in [0.5, 0.6) is 5.75 Å². The number of hydrogen-bond donors (Lipinski definition) is 0. The minimum Gasteiger partial charge on any atom is -0.489 e. The normalized spacial score (nSPS) is 13.3. The third-order valence-corrected chi connectivity index (χ3v) is 4.38. The molecular weight excluding hydrogens is 316 g/mol. The number of rotatable bonds is 10. The Morgan fingerprint density at radius 1 is 1.16 bits per heavy atom. The van der Waals surface area contributed by atoms with Crippen molar-refractivity contribution in [1.29, 1.82) is 0 Å². The second-order valence-electron chi connectivity index (χ2n) is 6.32. The van der Waals surface area contributed by atoms with Gasteiger partial charge in [-0.25, -0.2) is 4.79 Å². The van der Waals surface area contributed by atoms with E-state index in [-0.39, 0.29) is 18.4 Å². The minimum absolute atomic E-state index is 0.194. The number of ketones is 1. The third-order valence-electron chi connectivity index (χ3n) is 4.38. The lowest BCUT2D eigenvalue weighted by Crippen LogP contribution is -2.03. The molecule has 0 fully saturated rings. The van der Waals surface area contributed by atoms with Crippen molar-refractivity contribution < 1.29 is 19.1 Å². The van der Waals surface area contributed by atoms with E-state index in [4.69, 9.17) is 9.47 Å². The van der Waals surface area contributed by atoms with Gasteiger partial charge in [0, 0.05) is 18.1 Å². The fourth-order valence-electron chi connectivity index (χ4n) is 3.07. The lowest BCUT2D eigenvalue weighted by Gasteiger charge is -2.13. The number of ether oxygens (including phenoxy) is 2. The summed E-state index contributed by atoms with van der Waals surface area (Å²) in [5.74, 6) is 0.591. The van der Waals surface area contributed by atoms with Crippen LogP contribution in [-0.2, 0) is 22.4 Å². The van der Waals surface area contributed by atoms with Crippen LogP contribution in [0.25, 0.3) is 0 Å². The monoisotopic (exact) mass is 344 g/mol. The molecule has 0 amide bonds. The van der Waals surface area contributed by atoms with E-state index < -0.39 is 0 Å². The second-order valence-corrected chi connectivity index (χ2v) is 6.32. The molecule has 136 valence electrons. The molecule has 1 aliphatic carbocycles. The number of benzene rings is 1. The van der Waals surface area contributed by atoms with Gasteiger partial charge in [0.2, 0.25) is 0 Å². The molecule has 0 unspecified atom stereocenters. The lowest BCUT2D eigenvalue weighted by atomic mass is 10.00. The first-order chi connectivity index (χ1) is 12.2. The van der Waals surface area contributed by atoms with E-state index in [1.54, 1.807) is 13.0 Å². The predicted molar refractivity (Wildman–Crippen MR) is 98.2 cm³/mol. The van der Waals surface area contributed by atoms with E-state index in [2.05, 4.69) is 13.0 Å². The van der Waals surface area contributed by atoms with Crippen LogP contribution in [0.4, 0.5) is 0 Å². The Balaban J connectivity index is 2.04. The molecule has 0 saturated carbocycles. The SMILES string of the molecule is CCCCCCc1cc2c(cc1OC/C=C/C(=O)OCC)C(=O)CC2. The minimum atomic E-state index is -0.366. The highest BCUT2D eigenvalue weighted by atomic mass is 16.5. The average molecular weight is 344 g/mol. The topological polar surface area (TPSA) is 52.6 Å². The van der Waals surface area contributed by atoms with Gasteiger partial charge in [-0.05, 0) is 49.5 Å². The Morgan fingerprint density at radius 3 is 2.76 bits per heavy atom. The van der Waals surface area contributed by atoms with E-state index in [9.17, 15) is 9.59 Å². The van der Waals surface area contributed by atoms with Gasteiger partial charge in [0.15, 0.2) is 5.78 Å². The number of carbonyl (C=O) groups excluding carboxylic acids is 2. The van der Waals surface area contributed by atoms with Crippen LogP contribution in [0.15, 0.2) is 24.3 Å². The maximum Gasteiger partial charge on any atom is 0.330 e. The molecule has 4 nitrogen and oxygen atoms in total. The molecule has 0 aromatic heterocycles. The van der Waals surface area contributed by atoms with Crippen LogP contribution in [0, 0.1) is 0 Å². The van der Waals surface area contributed by atoms with Gasteiger partial charge >= 0.3 is 5.97 Å². The van der Waals surface area contributed by atoms with Gasteiger partial charge in [-0.1, -0.05) is 32.3 Å². The Kier molecular flexibility index (Phi) is 7.71. The molecule has 0 atom stereocenters. The number of unbranched alkanes of at least 4 members (excludes halogenated alkanes) is 3. The molecule has 1 aromatic carbocycles. The van der Waals surface area contributed by atoms with E-state index in [1.807, 2.05) is 6.07 Å². The highest BCUT2D eigenvalue weighted by molar-refractivity contribution is 6.00. The highest BCUT2D eigenvalue weighted by Gasteiger charge is 2.22. The van der Waals surface area contributed by atoms with Crippen LogP contribution in [0.1, 0.15) is 67.4 Å². The maximum absolute atomic E-state index is 12.0. The average Bonchev–Trinajstić information content (AvgIpc) is 2.96. The van der Waals surface area contributed by atoms with E-state index in [0.29, 0.717) is 13.0 Å². The number of fused-ring (bicyclic) bond motifs is 1. The molecule has 0 spiro atoms. The van der Waals surface area contributed by atoms with Crippen molar-refractivity contribution in [2.75, 3.05) is 13.2 Å². The maximum atomic E-state index is 12.0. The molecule has 0 radical (unpaired) electrons. The standard InChI is InChI=1S/C21H28O4/c1-3-5-6-7-9-17-14-16-11-12-19(22)18(16)15-20(17)25-13-8-10-21(23)24-4-2/h8,10,14-15H,3-7,9,11-13H2,1-2H3/b10-8+. The van der Waals surface area contributed by atoms with Gasteiger partial charge in [-0.3, -0.25) is 4.79 Å². The summed E-state index contributed by atoms with van der Waals surface area (Å²) in [4.78, 5) is 23.3. The van der Waals surface area contributed by atoms with Crippen LogP contribution in [0.3, 0.4) is 0 Å². The molecule has 25 heavy (non-hydrogen) atoms. The summed E-state index contributed by atoms with van der Waals surface area (Å²) in [5.41, 5.74) is 3.10. The van der Waals surface area contributed by atoms with Gasteiger partial charge in [0.25, 0.3) is 0 Å². The number of Topliss-reactive ketones (excluding diaryl/α,β-unsaturated/α-hetero) is 1. The molecular formula is C21H28O4. The van der Waals surface area contributed by atoms with Crippen molar-refractivity contribution in [2.45, 2.75) is 58.8 Å². The zero-order valence-electron chi connectivity index (χ0n) is 15.3. The number of hydrogen-bond acceptors (Lipinski definition) is 4. The summed E-state index contributed by atoms with van der Waals surface area (Å²) in [6.07, 6.45) is 10.2. The fourth-order valence-corrected chi connectivity index (χ4v) is 3.07. The second kappa shape index (κ2) is 10.0. The molecule has 1 aliphatic rings. The number of aryl methyl sites for hydroxylation is 2. The summed E-state index contributed by atoms with van der Waals surface area (Å²) >= 11 is 0. The highest BCUT2D eigenvalue weighted by Crippen LogP contribution is 2.31. The summed E-state index contributed by atoms with van der Waals surface area (Å²) in [6, 6.07) is 4.02. The fraction of sp³-hybridized carbons (Fsp3) is 0.524. The quantitative estimate of drug-likeness (QED) is 0.358. The zero-order valence-corrected chi connectivity index (χ0v) is 15.3. The Morgan fingerprint density at radius 2 is 2.00 bits per heavy atom. The molecule has 0 aliphatic heterocycles. The zero-order chi connectivity index (χ0) is 18.1. The van der Waals surface area contributed by atoms with Gasteiger partial charge in [-0.2, -0.15) is 0 Å². The van der Waals surface area contributed by atoms with Crippen LogP contribution in [-0.4, -0.2) is 25.0 Å². The Bertz CT molecular complexity index is 631. The third kappa shape index (κ3) is 5.73. The first-order valence-electron chi connectivity index (χ1n) is 9.30. The van der Waals surface area contributed by atoms with Gasteiger partial charge < -0.3 is 9.47 Å². The van der Waals surface area contributed by atoms with Crippen LogP contribution >= 0.6 is 0 Å². The Hall–Kier alpha value is -2.10. The van der Waals surface area contributed by atoms with Crippen LogP contribution < -0.4 is 4.74 Å². The largest absolute Gasteiger partial charge is 0.489 e. The van der Waals surface area contributed by atoms with Crippen molar-refractivity contribution in [3.63, 3.8) is 0 Å². The summed E-state index contributed by atoms with van der Waals surface area (Å²) in [5, 5.41) is 0. The smallest absolute Gasteiger partial charge is 0.330 e. The molecule has 2 rings (SSSR count). The summed E-state index contributed by atoms with van der Waals surface area (Å²) < 4.78 is 10.7. The first kappa shape index (κ1) is 19.2. The Labute approximate surface area is 150 Å². The van der Waals surface area contributed by atoms with E-state index >= 15 is 0 Å². The van der Waals surface area contributed by atoms with Crippen molar-refractivity contribution in [2.24, 2.45) is 0 Å². The van der Waals surface area contributed by atoms with E-state index in [1.165, 1.54) is 25.3 Å². The molecule has 1 aromatic rings. The van der Waals surface area contributed by atoms with Gasteiger partial charge in [0.05, 0.1) is 6.61 Å². The molecule has 0 N–H and O–H groups in total. The molecule has 0 heterocycles. The van der Waals surface area contributed by atoms with Crippen LogP contribution in [0.2, 0.25) is 0 Å². The van der Waals surface area contributed by atoms with Crippen molar-refractivity contribution in [3.05, 3.63) is 41.0 Å². The van der Waals surface area contributed by atoms with Crippen molar-refractivity contribution in [1.82, 2.24) is 0 Å². The van der Waals surface area contributed by atoms with Crippen molar-refractivity contribution >= 4 is 11.8 Å². The lowest BCUT2D eigenvalue weighted by molar-refractivity contribution is -0.137. The summed E-state index contributed by atoms with van der Waals surface area (Å²) in [7, 11) is 0. The summed E-state index contributed by atoms with van der Waals surface area (Å²) in [6.45, 7) is 4.62. The molecule has 4 heteroatoms. The number of esters is 1. The van der Waals surface area contributed by atoms with E-state index in [0.717, 1.165) is 41.7 Å².